The normalized spacial score (nSPS) is 22.0. The Hall–Kier alpha value is -1.59. The Morgan fingerprint density at radius 1 is 1.20 bits per heavy atom. The van der Waals surface area contributed by atoms with Crippen LogP contribution in [0.1, 0.15) is 51.1 Å². The van der Waals surface area contributed by atoms with Crippen LogP contribution in [0.2, 0.25) is 0 Å². The van der Waals surface area contributed by atoms with E-state index in [2.05, 4.69) is 54.1 Å². The zero-order valence-electron chi connectivity index (χ0n) is 15.4. The van der Waals surface area contributed by atoms with Crippen LogP contribution in [0, 0.1) is 5.92 Å². The van der Waals surface area contributed by atoms with E-state index in [0.717, 1.165) is 26.1 Å². The minimum absolute atomic E-state index is 0.0561. The first-order chi connectivity index (χ1) is 12.1. The second kappa shape index (κ2) is 8.19. The van der Waals surface area contributed by atoms with Gasteiger partial charge in [-0.2, -0.15) is 0 Å². The molecule has 1 saturated carbocycles. The molecular weight excluding hydrogens is 314 g/mol. The number of hydrogen-bond acceptors (Lipinski definition) is 3. The molecular formula is C20H31N3O2. The number of carbonyl (C=O) groups is 1. The molecule has 1 aliphatic heterocycles. The molecule has 2 amide bonds. The van der Waals surface area contributed by atoms with Crippen molar-refractivity contribution in [1.82, 2.24) is 16.0 Å². The number of carbonyl (C=O) groups excluding carboxylic acids is 1. The highest BCUT2D eigenvalue weighted by Gasteiger charge is 2.35. The van der Waals surface area contributed by atoms with E-state index in [0.29, 0.717) is 12.5 Å². The first kappa shape index (κ1) is 18.2. The molecule has 1 saturated heterocycles. The van der Waals surface area contributed by atoms with Crippen molar-refractivity contribution in [3.63, 3.8) is 0 Å². The molecule has 1 aliphatic carbocycles. The van der Waals surface area contributed by atoms with Crippen molar-refractivity contribution in [3.05, 3.63) is 35.9 Å². The summed E-state index contributed by atoms with van der Waals surface area (Å²) in [4.78, 5) is 12.2. The Balaban J connectivity index is 1.57. The fourth-order valence-electron chi connectivity index (χ4n) is 3.64. The lowest BCUT2D eigenvalue weighted by Crippen LogP contribution is -2.58. The molecule has 1 heterocycles. The summed E-state index contributed by atoms with van der Waals surface area (Å²) in [6.07, 6.45) is 4.28. The fraction of sp³-hybridized carbons (Fsp3) is 0.650. The predicted octanol–water partition coefficient (Wildman–Crippen LogP) is 2.98. The SMILES string of the molecule is C[C@H](NC(=O)NCC1(N[C@H](C)c2ccccc2)CCOCC1)C1CC1. The molecule has 5 heteroatoms. The average molecular weight is 345 g/mol. The quantitative estimate of drug-likeness (QED) is 0.712. The van der Waals surface area contributed by atoms with Gasteiger partial charge in [0.25, 0.3) is 0 Å². The zero-order chi connectivity index (χ0) is 17.7. The van der Waals surface area contributed by atoms with Gasteiger partial charge in [0, 0.05) is 37.4 Å². The van der Waals surface area contributed by atoms with Crippen LogP contribution >= 0.6 is 0 Å². The van der Waals surface area contributed by atoms with Gasteiger partial charge in [0.05, 0.1) is 0 Å². The van der Waals surface area contributed by atoms with Crippen molar-refractivity contribution in [2.45, 2.75) is 57.2 Å². The van der Waals surface area contributed by atoms with E-state index in [1.54, 1.807) is 0 Å². The summed E-state index contributed by atoms with van der Waals surface area (Å²) in [5.41, 5.74) is 1.15. The van der Waals surface area contributed by atoms with E-state index in [-0.39, 0.29) is 23.7 Å². The largest absolute Gasteiger partial charge is 0.381 e. The van der Waals surface area contributed by atoms with Crippen LogP contribution in [-0.2, 0) is 4.74 Å². The summed E-state index contributed by atoms with van der Waals surface area (Å²) in [6.45, 7) is 6.36. The number of benzene rings is 1. The number of ether oxygens (including phenoxy) is 1. The van der Waals surface area contributed by atoms with Gasteiger partial charge in [-0.05, 0) is 51.0 Å². The lowest BCUT2D eigenvalue weighted by atomic mass is 9.88. The number of rotatable bonds is 7. The maximum Gasteiger partial charge on any atom is 0.315 e. The lowest BCUT2D eigenvalue weighted by molar-refractivity contribution is 0.0347. The zero-order valence-corrected chi connectivity index (χ0v) is 15.4. The molecule has 3 rings (SSSR count). The van der Waals surface area contributed by atoms with Crippen molar-refractivity contribution < 1.29 is 9.53 Å². The lowest BCUT2D eigenvalue weighted by Gasteiger charge is -2.40. The smallest absolute Gasteiger partial charge is 0.315 e. The Bertz CT molecular complexity index is 553. The minimum Gasteiger partial charge on any atom is -0.381 e. The first-order valence-electron chi connectivity index (χ1n) is 9.53. The molecule has 1 aromatic rings. The number of urea groups is 1. The van der Waals surface area contributed by atoms with E-state index in [9.17, 15) is 4.79 Å². The van der Waals surface area contributed by atoms with Gasteiger partial charge < -0.3 is 20.7 Å². The third-order valence-corrected chi connectivity index (χ3v) is 5.55. The summed E-state index contributed by atoms with van der Waals surface area (Å²) in [5, 5.41) is 9.94. The summed E-state index contributed by atoms with van der Waals surface area (Å²) in [5.74, 6) is 0.666. The molecule has 5 nitrogen and oxygen atoms in total. The van der Waals surface area contributed by atoms with Crippen LogP contribution in [0.3, 0.4) is 0 Å². The number of hydrogen-bond donors (Lipinski definition) is 3. The van der Waals surface area contributed by atoms with Gasteiger partial charge in [-0.3, -0.25) is 0 Å². The van der Waals surface area contributed by atoms with Gasteiger partial charge in [-0.1, -0.05) is 30.3 Å². The first-order valence-corrected chi connectivity index (χ1v) is 9.53. The molecule has 138 valence electrons. The van der Waals surface area contributed by atoms with Gasteiger partial charge in [0.1, 0.15) is 0 Å². The van der Waals surface area contributed by atoms with Crippen LogP contribution in [-0.4, -0.2) is 37.4 Å². The molecule has 3 N–H and O–H groups in total. The third kappa shape index (κ3) is 5.19. The van der Waals surface area contributed by atoms with Gasteiger partial charge in [-0.25, -0.2) is 4.79 Å². The maximum absolute atomic E-state index is 12.2. The van der Waals surface area contributed by atoms with Crippen LogP contribution in [0.5, 0.6) is 0 Å². The monoisotopic (exact) mass is 345 g/mol. The van der Waals surface area contributed by atoms with Crippen molar-refractivity contribution in [2.24, 2.45) is 5.92 Å². The van der Waals surface area contributed by atoms with Crippen molar-refractivity contribution in [2.75, 3.05) is 19.8 Å². The number of amides is 2. The molecule has 25 heavy (non-hydrogen) atoms. The van der Waals surface area contributed by atoms with E-state index in [1.165, 1.54) is 18.4 Å². The molecule has 1 aromatic carbocycles. The van der Waals surface area contributed by atoms with Gasteiger partial charge >= 0.3 is 6.03 Å². The molecule has 2 atom stereocenters. The van der Waals surface area contributed by atoms with Crippen molar-refractivity contribution >= 4 is 6.03 Å². The predicted molar refractivity (Wildman–Crippen MR) is 99.5 cm³/mol. The highest BCUT2D eigenvalue weighted by Crippen LogP contribution is 2.32. The van der Waals surface area contributed by atoms with E-state index >= 15 is 0 Å². The van der Waals surface area contributed by atoms with Crippen molar-refractivity contribution in [3.8, 4) is 0 Å². The Labute approximate surface area is 150 Å². The van der Waals surface area contributed by atoms with Crippen molar-refractivity contribution in [1.29, 1.82) is 0 Å². The average Bonchev–Trinajstić information content (AvgIpc) is 3.47. The summed E-state index contributed by atoms with van der Waals surface area (Å²) >= 11 is 0. The summed E-state index contributed by atoms with van der Waals surface area (Å²) in [6, 6.07) is 10.9. The summed E-state index contributed by atoms with van der Waals surface area (Å²) < 4.78 is 5.55. The van der Waals surface area contributed by atoms with Gasteiger partial charge in [-0.15, -0.1) is 0 Å². The Kier molecular flexibility index (Phi) is 5.97. The topological polar surface area (TPSA) is 62.4 Å². The molecule has 0 spiro atoms. The second-order valence-corrected chi connectivity index (χ2v) is 7.62. The highest BCUT2D eigenvalue weighted by molar-refractivity contribution is 5.74. The Morgan fingerprint density at radius 2 is 1.88 bits per heavy atom. The van der Waals surface area contributed by atoms with Crippen LogP contribution in [0.15, 0.2) is 30.3 Å². The minimum atomic E-state index is -0.117. The van der Waals surface area contributed by atoms with E-state index < -0.39 is 0 Å². The van der Waals surface area contributed by atoms with E-state index in [4.69, 9.17) is 4.74 Å². The molecule has 2 fully saturated rings. The van der Waals surface area contributed by atoms with Gasteiger partial charge in [0.15, 0.2) is 0 Å². The molecule has 0 radical (unpaired) electrons. The second-order valence-electron chi connectivity index (χ2n) is 7.62. The molecule has 0 unspecified atom stereocenters. The summed E-state index contributed by atoms with van der Waals surface area (Å²) in [7, 11) is 0. The van der Waals surface area contributed by atoms with Crippen LogP contribution in [0.25, 0.3) is 0 Å². The van der Waals surface area contributed by atoms with Gasteiger partial charge in [0.2, 0.25) is 0 Å². The standard InChI is InChI=1S/C20H31N3O2/c1-15(18-8-9-18)22-19(24)21-14-20(10-12-25-13-11-20)23-16(2)17-6-4-3-5-7-17/h3-7,15-16,18,23H,8-14H2,1-2H3,(H2,21,22,24)/t15-,16+/m0/s1. The number of nitrogens with one attached hydrogen (secondary N) is 3. The van der Waals surface area contributed by atoms with Crippen LogP contribution < -0.4 is 16.0 Å². The third-order valence-electron chi connectivity index (χ3n) is 5.55. The highest BCUT2D eigenvalue weighted by atomic mass is 16.5. The fourth-order valence-corrected chi connectivity index (χ4v) is 3.64. The molecule has 0 aromatic heterocycles. The Morgan fingerprint density at radius 3 is 2.52 bits per heavy atom. The maximum atomic E-state index is 12.2. The van der Waals surface area contributed by atoms with Crippen LogP contribution in [0.4, 0.5) is 4.79 Å². The molecule has 0 bridgehead atoms. The van der Waals surface area contributed by atoms with E-state index in [1.807, 2.05) is 6.07 Å². The molecule has 2 aliphatic rings.